The van der Waals surface area contributed by atoms with Crippen LogP contribution in [0.1, 0.15) is 18.4 Å². The number of carbonyl (C=O) groups is 1. The van der Waals surface area contributed by atoms with E-state index in [-0.39, 0.29) is 24.4 Å². The SMILES string of the molecule is Cc1cccc(NC(=O)CCCn2c(=O)[nH]c3ccccc3c2=O)c1. The number of nitrogens with zero attached hydrogens (tertiary/aromatic N) is 1. The third-order valence-corrected chi connectivity index (χ3v) is 3.98. The van der Waals surface area contributed by atoms with Crippen LogP contribution >= 0.6 is 0 Å². The van der Waals surface area contributed by atoms with Crippen LogP contribution in [0.2, 0.25) is 0 Å². The lowest BCUT2D eigenvalue weighted by atomic mass is 10.2. The number of fused-ring (bicyclic) bond motifs is 1. The second kappa shape index (κ2) is 7.17. The smallest absolute Gasteiger partial charge is 0.326 e. The van der Waals surface area contributed by atoms with E-state index in [1.165, 1.54) is 0 Å². The van der Waals surface area contributed by atoms with Crippen molar-refractivity contribution in [3.8, 4) is 0 Å². The molecule has 2 N–H and O–H groups in total. The van der Waals surface area contributed by atoms with Crippen molar-refractivity contribution >= 4 is 22.5 Å². The Morgan fingerprint density at radius 1 is 1.12 bits per heavy atom. The minimum absolute atomic E-state index is 0.143. The summed E-state index contributed by atoms with van der Waals surface area (Å²) < 4.78 is 1.14. The monoisotopic (exact) mass is 337 g/mol. The van der Waals surface area contributed by atoms with E-state index in [1.807, 2.05) is 31.2 Å². The van der Waals surface area contributed by atoms with Crippen LogP contribution in [0.25, 0.3) is 10.9 Å². The number of para-hydroxylation sites is 1. The third-order valence-electron chi connectivity index (χ3n) is 3.98. The van der Waals surface area contributed by atoms with Crippen molar-refractivity contribution in [3.63, 3.8) is 0 Å². The average Bonchev–Trinajstić information content (AvgIpc) is 2.58. The summed E-state index contributed by atoms with van der Waals surface area (Å²) in [5.41, 5.74) is 1.53. The molecule has 0 atom stereocenters. The predicted octanol–water partition coefficient (Wildman–Crippen LogP) is 2.42. The minimum atomic E-state index is -0.456. The van der Waals surface area contributed by atoms with E-state index in [9.17, 15) is 14.4 Å². The van der Waals surface area contributed by atoms with Crippen molar-refractivity contribution in [2.75, 3.05) is 5.32 Å². The van der Waals surface area contributed by atoms with Crippen molar-refractivity contribution in [3.05, 3.63) is 74.9 Å². The Morgan fingerprint density at radius 2 is 1.92 bits per heavy atom. The van der Waals surface area contributed by atoms with Gasteiger partial charge in [0, 0.05) is 18.7 Å². The molecule has 1 aromatic heterocycles. The molecule has 3 aromatic rings. The molecule has 0 aliphatic heterocycles. The lowest BCUT2D eigenvalue weighted by molar-refractivity contribution is -0.116. The number of aromatic nitrogens is 2. The number of aromatic amines is 1. The van der Waals surface area contributed by atoms with Crippen molar-refractivity contribution in [1.82, 2.24) is 9.55 Å². The van der Waals surface area contributed by atoms with Gasteiger partial charge in [0.1, 0.15) is 0 Å². The predicted molar refractivity (Wildman–Crippen MR) is 97.9 cm³/mol. The Morgan fingerprint density at radius 3 is 2.72 bits per heavy atom. The van der Waals surface area contributed by atoms with Crippen LogP contribution in [-0.4, -0.2) is 15.5 Å². The van der Waals surface area contributed by atoms with Crippen LogP contribution in [0.15, 0.2) is 58.1 Å². The van der Waals surface area contributed by atoms with Gasteiger partial charge in [-0.1, -0.05) is 24.3 Å². The van der Waals surface area contributed by atoms with Gasteiger partial charge >= 0.3 is 5.69 Å². The molecule has 0 aliphatic carbocycles. The number of hydrogen-bond acceptors (Lipinski definition) is 3. The number of rotatable bonds is 5. The summed E-state index contributed by atoms with van der Waals surface area (Å²) in [6.07, 6.45) is 0.631. The van der Waals surface area contributed by atoms with E-state index in [2.05, 4.69) is 10.3 Å². The van der Waals surface area contributed by atoms with Gasteiger partial charge in [0.25, 0.3) is 5.56 Å². The number of carbonyl (C=O) groups excluding carboxylic acids is 1. The zero-order valence-electron chi connectivity index (χ0n) is 13.9. The van der Waals surface area contributed by atoms with E-state index in [0.29, 0.717) is 17.3 Å². The second-order valence-electron chi connectivity index (χ2n) is 5.95. The maximum Gasteiger partial charge on any atom is 0.328 e. The van der Waals surface area contributed by atoms with Crippen molar-refractivity contribution < 1.29 is 4.79 Å². The van der Waals surface area contributed by atoms with Gasteiger partial charge in [0.15, 0.2) is 0 Å². The van der Waals surface area contributed by atoms with Gasteiger partial charge in [-0.15, -0.1) is 0 Å². The Balaban J connectivity index is 1.66. The van der Waals surface area contributed by atoms with Gasteiger partial charge in [-0.05, 0) is 43.2 Å². The third kappa shape index (κ3) is 3.85. The maximum absolute atomic E-state index is 12.4. The zero-order valence-corrected chi connectivity index (χ0v) is 13.9. The van der Waals surface area contributed by atoms with Crippen molar-refractivity contribution in [2.45, 2.75) is 26.3 Å². The molecule has 0 fully saturated rings. The lowest BCUT2D eigenvalue weighted by Crippen LogP contribution is -2.35. The first kappa shape index (κ1) is 16.7. The van der Waals surface area contributed by atoms with Crippen LogP contribution in [0.5, 0.6) is 0 Å². The topological polar surface area (TPSA) is 84.0 Å². The van der Waals surface area contributed by atoms with Crippen LogP contribution in [-0.2, 0) is 11.3 Å². The van der Waals surface area contributed by atoms with Gasteiger partial charge in [-0.2, -0.15) is 0 Å². The molecule has 3 rings (SSSR count). The van der Waals surface area contributed by atoms with E-state index >= 15 is 0 Å². The van der Waals surface area contributed by atoms with Crippen LogP contribution in [0.3, 0.4) is 0 Å². The van der Waals surface area contributed by atoms with Gasteiger partial charge in [0.05, 0.1) is 10.9 Å². The molecule has 0 saturated heterocycles. The number of amides is 1. The zero-order chi connectivity index (χ0) is 17.8. The normalized spacial score (nSPS) is 10.8. The highest BCUT2D eigenvalue weighted by Gasteiger charge is 2.08. The molecule has 0 bridgehead atoms. The Bertz CT molecular complexity index is 1030. The second-order valence-corrected chi connectivity index (χ2v) is 5.95. The number of anilines is 1. The molecule has 0 unspecified atom stereocenters. The molecule has 128 valence electrons. The largest absolute Gasteiger partial charge is 0.328 e. The van der Waals surface area contributed by atoms with Gasteiger partial charge in [-0.25, -0.2) is 4.79 Å². The Hall–Kier alpha value is -3.15. The van der Waals surface area contributed by atoms with E-state index < -0.39 is 5.69 Å². The molecule has 25 heavy (non-hydrogen) atoms. The summed E-state index contributed by atoms with van der Waals surface area (Å²) in [5.74, 6) is -0.143. The van der Waals surface area contributed by atoms with Crippen LogP contribution in [0.4, 0.5) is 5.69 Å². The first-order valence-corrected chi connectivity index (χ1v) is 8.13. The standard InChI is InChI=1S/C19H19N3O3/c1-13-6-4-7-14(12-13)20-17(23)10-5-11-22-18(24)15-8-2-3-9-16(15)21-19(22)25/h2-4,6-9,12H,5,10-11H2,1H3,(H,20,23)(H,21,25). The van der Waals surface area contributed by atoms with Crippen molar-refractivity contribution in [2.24, 2.45) is 0 Å². The molecule has 6 nitrogen and oxygen atoms in total. The summed E-state index contributed by atoms with van der Waals surface area (Å²) in [4.78, 5) is 39.2. The molecule has 1 amide bonds. The fourth-order valence-corrected chi connectivity index (χ4v) is 2.75. The number of aryl methyl sites for hydroxylation is 1. The molecule has 1 heterocycles. The Kier molecular flexibility index (Phi) is 4.79. The fourth-order valence-electron chi connectivity index (χ4n) is 2.75. The molecule has 6 heteroatoms. The summed E-state index contributed by atoms with van der Waals surface area (Å²) in [6.45, 7) is 2.15. The number of benzene rings is 2. The highest BCUT2D eigenvalue weighted by atomic mass is 16.2. The van der Waals surface area contributed by atoms with E-state index in [1.54, 1.807) is 24.3 Å². The molecule has 0 spiro atoms. The molecule has 0 saturated carbocycles. The average molecular weight is 337 g/mol. The van der Waals surface area contributed by atoms with Gasteiger partial charge < -0.3 is 10.3 Å². The molecular weight excluding hydrogens is 318 g/mol. The highest BCUT2D eigenvalue weighted by Crippen LogP contribution is 2.10. The van der Waals surface area contributed by atoms with Crippen LogP contribution < -0.4 is 16.6 Å². The Labute approximate surface area is 144 Å². The molecular formula is C19H19N3O3. The summed E-state index contributed by atoms with van der Waals surface area (Å²) in [5, 5.41) is 3.28. The first-order chi connectivity index (χ1) is 12.0. The number of H-pyrrole nitrogens is 1. The summed E-state index contributed by atoms with van der Waals surface area (Å²) >= 11 is 0. The van der Waals surface area contributed by atoms with E-state index in [0.717, 1.165) is 15.8 Å². The quantitative estimate of drug-likeness (QED) is 0.750. The molecule has 0 aliphatic rings. The van der Waals surface area contributed by atoms with Crippen molar-refractivity contribution in [1.29, 1.82) is 0 Å². The van der Waals surface area contributed by atoms with Crippen LogP contribution in [0, 0.1) is 6.92 Å². The van der Waals surface area contributed by atoms with E-state index in [4.69, 9.17) is 0 Å². The first-order valence-electron chi connectivity index (χ1n) is 8.13. The van der Waals surface area contributed by atoms with Gasteiger partial charge in [0.2, 0.25) is 5.91 Å². The molecule has 2 aromatic carbocycles. The lowest BCUT2D eigenvalue weighted by Gasteiger charge is -2.08. The number of hydrogen-bond donors (Lipinski definition) is 2. The summed E-state index contributed by atoms with van der Waals surface area (Å²) in [7, 11) is 0. The fraction of sp³-hybridized carbons (Fsp3) is 0.211. The minimum Gasteiger partial charge on any atom is -0.326 e. The molecule has 0 radical (unpaired) electrons. The maximum atomic E-state index is 12.4. The summed E-state index contributed by atoms with van der Waals surface area (Å²) in [6, 6.07) is 14.4. The highest BCUT2D eigenvalue weighted by molar-refractivity contribution is 5.90. The van der Waals surface area contributed by atoms with Gasteiger partial charge in [-0.3, -0.25) is 14.2 Å². The number of nitrogens with one attached hydrogen (secondary N) is 2.